The minimum absolute atomic E-state index is 0.206. The number of urea groups is 1. The molecule has 0 aliphatic carbocycles. The Bertz CT molecular complexity index is 802. The smallest absolute Gasteiger partial charge is 0.306 e. The molecule has 0 radical (unpaired) electrons. The highest BCUT2D eigenvalue weighted by molar-refractivity contribution is 7.99. The Morgan fingerprint density at radius 3 is 2.70 bits per heavy atom. The Labute approximate surface area is 169 Å². The summed E-state index contributed by atoms with van der Waals surface area (Å²) in [5.74, 6) is 0. The van der Waals surface area contributed by atoms with Gasteiger partial charge in [-0.05, 0) is 52.8 Å². The summed E-state index contributed by atoms with van der Waals surface area (Å²) in [4.78, 5) is 17.2. The average Bonchev–Trinajstić information content (AvgIpc) is 3.14. The van der Waals surface area contributed by atoms with E-state index in [9.17, 15) is 4.79 Å². The highest BCUT2D eigenvalue weighted by atomic mass is 32.2. The maximum Gasteiger partial charge on any atom is 0.330 e. The Balaban J connectivity index is 1.67. The van der Waals surface area contributed by atoms with Crippen molar-refractivity contribution in [1.29, 1.82) is 0 Å². The van der Waals surface area contributed by atoms with Gasteiger partial charge < -0.3 is 10.2 Å². The summed E-state index contributed by atoms with van der Waals surface area (Å²) in [5, 5.41) is 7.30. The van der Waals surface area contributed by atoms with Crippen molar-refractivity contribution in [2.24, 2.45) is 7.05 Å². The lowest BCUT2D eigenvalue weighted by molar-refractivity contribution is 0.253. The van der Waals surface area contributed by atoms with Gasteiger partial charge in [0.2, 0.25) is 0 Å². The summed E-state index contributed by atoms with van der Waals surface area (Å²) in [6, 6.07) is 0.118. The predicted molar refractivity (Wildman–Crippen MR) is 114 cm³/mol. The molecule has 1 atom stereocenters. The number of aryl methyl sites for hydroxylation is 3. The summed E-state index contributed by atoms with van der Waals surface area (Å²) < 4.78 is 6.91. The first-order valence-corrected chi connectivity index (χ1v) is 10.7. The van der Waals surface area contributed by atoms with Gasteiger partial charge in [0.15, 0.2) is 0 Å². The number of nitrogens with zero attached hydrogens (tertiary/aromatic N) is 4. The van der Waals surface area contributed by atoms with Crippen LogP contribution in [0.5, 0.6) is 0 Å². The van der Waals surface area contributed by atoms with Gasteiger partial charge in [-0.2, -0.15) is 5.10 Å². The van der Waals surface area contributed by atoms with Gasteiger partial charge in [-0.3, -0.25) is 13.7 Å². The Morgan fingerprint density at radius 2 is 2.11 bits per heavy atom. The number of aromatic nitrogens is 2. The lowest BCUT2D eigenvalue weighted by atomic mass is 10.1. The molecule has 0 aromatic carbocycles. The highest BCUT2D eigenvalue weighted by Gasteiger charge is 2.26. The van der Waals surface area contributed by atoms with Crippen molar-refractivity contribution in [3.63, 3.8) is 0 Å². The van der Waals surface area contributed by atoms with Crippen LogP contribution in [-0.4, -0.2) is 46.9 Å². The van der Waals surface area contributed by atoms with E-state index in [1.54, 1.807) is 16.0 Å². The molecule has 2 aromatic heterocycles. The Kier molecular flexibility index (Phi) is 6.33. The second kappa shape index (κ2) is 8.53. The number of amides is 2. The number of likely N-dealkylation sites (tertiary alicyclic amines) is 1. The quantitative estimate of drug-likeness (QED) is 0.739. The van der Waals surface area contributed by atoms with Crippen LogP contribution in [-0.2, 0) is 7.05 Å². The van der Waals surface area contributed by atoms with Crippen LogP contribution >= 0.6 is 23.5 Å². The molecule has 2 amide bonds. The molecule has 1 aliphatic heterocycles. The fraction of sp³-hybridized carbons (Fsp3) is 0.556. The van der Waals surface area contributed by atoms with E-state index in [0.29, 0.717) is 6.04 Å². The molecule has 3 rings (SSSR count). The zero-order chi connectivity index (χ0) is 19.6. The van der Waals surface area contributed by atoms with E-state index in [1.807, 2.05) is 33.3 Å². The number of anilines is 2. The standard InChI is InChI=1S/C18H28N6OS2/c1-12-13(2)26-14(3)17(12)20-18(25)21-27-24(16-9-19-23(5)11-16)15-7-6-8-22(4)10-15/h9,11,15H,6-8,10H2,1-5H3,(H2,20,21,25). The highest BCUT2D eigenvalue weighted by Crippen LogP contribution is 2.32. The van der Waals surface area contributed by atoms with E-state index in [2.05, 4.69) is 38.3 Å². The first-order valence-electron chi connectivity index (χ1n) is 9.12. The van der Waals surface area contributed by atoms with Gasteiger partial charge in [-0.15, -0.1) is 11.3 Å². The van der Waals surface area contributed by atoms with Gasteiger partial charge in [0.1, 0.15) is 0 Å². The third-order valence-corrected chi connectivity index (χ3v) is 7.02. The lowest BCUT2D eigenvalue weighted by Gasteiger charge is -2.37. The maximum absolute atomic E-state index is 12.5. The fourth-order valence-corrected chi connectivity index (χ4v) is 5.17. The number of carbonyl (C=O) groups is 1. The van der Waals surface area contributed by atoms with Crippen molar-refractivity contribution in [3.8, 4) is 0 Å². The van der Waals surface area contributed by atoms with Gasteiger partial charge in [0.05, 0.1) is 35.7 Å². The number of thiophene rings is 1. The molecule has 1 saturated heterocycles. The van der Waals surface area contributed by atoms with Gasteiger partial charge in [-0.1, -0.05) is 0 Å². The molecule has 0 spiro atoms. The molecule has 7 nitrogen and oxygen atoms in total. The van der Waals surface area contributed by atoms with Crippen LogP contribution in [0, 0.1) is 20.8 Å². The second-order valence-corrected chi connectivity index (χ2v) is 9.33. The van der Waals surface area contributed by atoms with Crippen LogP contribution in [0.4, 0.5) is 16.2 Å². The number of piperidine rings is 1. The van der Waals surface area contributed by atoms with Crippen molar-refractivity contribution in [2.45, 2.75) is 39.7 Å². The van der Waals surface area contributed by atoms with Crippen molar-refractivity contribution >= 4 is 40.9 Å². The van der Waals surface area contributed by atoms with E-state index in [4.69, 9.17) is 0 Å². The largest absolute Gasteiger partial charge is 0.330 e. The molecule has 1 aliphatic rings. The first kappa shape index (κ1) is 20.0. The minimum Gasteiger partial charge on any atom is -0.306 e. The van der Waals surface area contributed by atoms with E-state index >= 15 is 0 Å². The molecule has 0 bridgehead atoms. The van der Waals surface area contributed by atoms with E-state index in [0.717, 1.165) is 47.7 Å². The van der Waals surface area contributed by atoms with Crippen LogP contribution in [0.2, 0.25) is 0 Å². The van der Waals surface area contributed by atoms with Crippen LogP contribution in [0.3, 0.4) is 0 Å². The molecule has 27 heavy (non-hydrogen) atoms. The summed E-state index contributed by atoms with van der Waals surface area (Å²) in [5.41, 5.74) is 3.05. The number of likely N-dealkylation sites (N-methyl/N-ethyl adjacent to an activating group) is 1. The number of nitrogens with one attached hydrogen (secondary N) is 2. The van der Waals surface area contributed by atoms with Gasteiger partial charge in [-0.25, -0.2) is 4.79 Å². The van der Waals surface area contributed by atoms with Crippen LogP contribution in [0.1, 0.15) is 28.2 Å². The fourth-order valence-electron chi connectivity index (χ4n) is 3.40. The average molecular weight is 409 g/mol. The topological polar surface area (TPSA) is 65.4 Å². The number of rotatable bonds is 5. The van der Waals surface area contributed by atoms with Crippen molar-refractivity contribution in [2.75, 3.05) is 29.8 Å². The molecule has 9 heteroatoms. The molecular weight excluding hydrogens is 380 g/mol. The van der Waals surface area contributed by atoms with Gasteiger partial charge in [0.25, 0.3) is 0 Å². The first-order chi connectivity index (χ1) is 12.8. The summed E-state index contributed by atoms with van der Waals surface area (Å²) >= 11 is 3.05. The number of hydrogen-bond acceptors (Lipinski definition) is 6. The van der Waals surface area contributed by atoms with Crippen LogP contribution < -0.4 is 14.3 Å². The Morgan fingerprint density at radius 1 is 1.33 bits per heavy atom. The molecular formula is C18H28N6OS2. The molecule has 148 valence electrons. The molecule has 2 N–H and O–H groups in total. The summed E-state index contributed by atoms with van der Waals surface area (Å²) in [7, 11) is 4.05. The normalized spacial score (nSPS) is 17.7. The summed E-state index contributed by atoms with van der Waals surface area (Å²) in [6.45, 7) is 8.24. The van der Waals surface area contributed by atoms with E-state index < -0.39 is 0 Å². The Hall–Kier alpha value is -1.71. The number of hydrogen-bond donors (Lipinski definition) is 2. The third kappa shape index (κ3) is 4.77. The monoisotopic (exact) mass is 408 g/mol. The molecule has 2 aromatic rings. The molecule has 0 saturated carbocycles. The predicted octanol–water partition coefficient (Wildman–Crippen LogP) is 3.69. The van der Waals surface area contributed by atoms with Crippen molar-refractivity contribution < 1.29 is 4.79 Å². The van der Waals surface area contributed by atoms with E-state index in [-0.39, 0.29) is 6.03 Å². The van der Waals surface area contributed by atoms with Crippen molar-refractivity contribution in [1.82, 2.24) is 19.4 Å². The molecule has 3 heterocycles. The zero-order valence-electron chi connectivity index (χ0n) is 16.6. The SMILES string of the molecule is Cc1sc(C)c(NC(=O)NSN(c2cnn(C)c2)C2CCCN(C)C2)c1C. The van der Waals surface area contributed by atoms with Crippen LogP contribution in [0.25, 0.3) is 0 Å². The minimum atomic E-state index is -0.206. The lowest BCUT2D eigenvalue weighted by Crippen LogP contribution is -2.45. The van der Waals surface area contributed by atoms with Crippen molar-refractivity contribution in [3.05, 3.63) is 27.7 Å². The third-order valence-electron chi connectivity index (χ3n) is 4.91. The second-order valence-electron chi connectivity index (χ2n) is 7.12. The molecule has 1 fully saturated rings. The molecule has 1 unspecified atom stereocenters. The zero-order valence-corrected chi connectivity index (χ0v) is 18.2. The van der Waals surface area contributed by atoms with E-state index in [1.165, 1.54) is 17.0 Å². The van der Waals surface area contributed by atoms with Gasteiger partial charge >= 0.3 is 6.03 Å². The maximum atomic E-state index is 12.5. The summed E-state index contributed by atoms with van der Waals surface area (Å²) in [6.07, 6.45) is 6.07. The number of carbonyl (C=O) groups excluding carboxylic acids is 1. The van der Waals surface area contributed by atoms with Crippen LogP contribution in [0.15, 0.2) is 12.4 Å². The van der Waals surface area contributed by atoms with Gasteiger partial charge in [0, 0.05) is 29.5 Å².